The largest absolute Gasteiger partial charge is 0.275 e. The molecule has 0 aliphatic heterocycles. The van der Waals surface area contributed by atoms with E-state index < -0.39 is 16.7 Å². The van der Waals surface area contributed by atoms with E-state index in [2.05, 4.69) is 11.9 Å². The Labute approximate surface area is 93.5 Å². The Hall–Kier alpha value is -0.370. The number of unbranched alkanes of at least 4 members (excludes halogenated alkanes) is 2. The quantitative estimate of drug-likeness (QED) is 0.309. The van der Waals surface area contributed by atoms with Crippen molar-refractivity contribution in [1.29, 1.82) is 0 Å². The normalized spacial score (nSPS) is 14.2. The number of carbonyl (C=O) groups is 1. The van der Waals surface area contributed by atoms with Crippen LogP contribution in [0.4, 0.5) is 0 Å². The predicted molar refractivity (Wildman–Crippen MR) is 56.6 cm³/mol. The molecule has 5 heteroatoms. The van der Waals surface area contributed by atoms with Crippen LogP contribution in [0.2, 0.25) is 0 Å². The third-order valence-electron chi connectivity index (χ3n) is 1.79. The predicted octanol–water partition coefficient (Wildman–Crippen LogP) is 2.64. The number of rotatable bonds is 6. The van der Waals surface area contributed by atoms with Gasteiger partial charge >= 0.3 is 0 Å². The fourth-order valence-electron chi connectivity index (χ4n) is 0.997. The van der Waals surface area contributed by atoms with Crippen LogP contribution in [-0.2, 0) is 9.59 Å². The standard InChI is InChI=1S/C9H13Cl2NO2/c1-2-3-4-5-7(10)8(11)9(14)12-6-13/h7-8H,2-5H2,1H3. The van der Waals surface area contributed by atoms with E-state index >= 15 is 0 Å². The number of halogens is 2. The molecule has 0 radical (unpaired) electrons. The molecule has 0 heterocycles. The van der Waals surface area contributed by atoms with Gasteiger partial charge in [0, 0.05) is 0 Å². The summed E-state index contributed by atoms with van der Waals surface area (Å²) in [4.78, 5) is 23.7. The number of aliphatic imine (C=N–C) groups is 1. The minimum Gasteiger partial charge on any atom is -0.270 e. The highest BCUT2D eigenvalue weighted by molar-refractivity contribution is 6.37. The molecular formula is C9H13Cl2NO2. The maximum Gasteiger partial charge on any atom is 0.275 e. The first-order valence-electron chi connectivity index (χ1n) is 4.53. The third-order valence-corrected chi connectivity index (χ3v) is 2.88. The smallest absolute Gasteiger partial charge is 0.270 e. The van der Waals surface area contributed by atoms with E-state index in [1.165, 1.54) is 0 Å². The van der Waals surface area contributed by atoms with Gasteiger partial charge in [0.05, 0.1) is 5.38 Å². The monoisotopic (exact) mass is 237 g/mol. The molecule has 0 saturated carbocycles. The summed E-state index contributed by atoms with van der Waals surface area (Å²) >= 11 is 11.5. The molecule has 0 bridgehead atoms. The molecule has 0 spiro atoms. The molecule has 0 aromatic carbocycles. The van der Waals surface area contributed by atoms with Crippen LogP contribution in [0.3, 0.4) is 0 Å². The topological polar surface area (TPSA) is 46.5 Å². The van der Waals surface area contributed by atoms with Gasteiger partial charge in [0.15, 0.2) is 0 Å². The van der Waals surface area contributed by atoms with Gasteiger partial charge in [-0.05, 0) is 6.42 Å². The van der Waals surface area contributed by atoms with Crippen molar-refractivity contribution in [3.63, 3.8) is 0 Å². The molecule has 2 atom stereocenters. The van der Waals surface area contributed by atoms with E-state index in [1.807, 2.05) is 0 Å². The Morgan fingerprint density at radius 1 is 1.43 bits per heavy atom. The fraction of sp³-hybridized carbons (Fsp3) is 0.778. The molecular weight excluding hydrogens is 225 g/mol. The van der Waals surface area contributed by atoms with Gasteiger partial charge in [-0.1, -0.05) is 26.2 Å². The molecule has 3 nitrogen and oxygen atoms in total. The summed E-state index contributed by atoms with van der Waals surface area (Å²) in [6, 6.07) is 0. The van der Waals surface area contributed by atoms with Gasteiger partial charge in [-0.2, -0.15) is 0 Å². The SMILES string of the molecule is CCCCCC(Cl)C(Cl)C(=O)N=C=O. The zero-order valence-electron chi connectivity index (χ0n) is 8.00. The third kappa shape index (κ3) is 5.38. The minimum atomic E-state index is -0.921. The second-order valence-electron chi connectivity index (χ2n) is 2.95. The van der Waals surface area contributed by atoms with Crippen LogP contribution >= 0.6 is 23.2 Å². The lowest BCUT2D eigenvalue weighted by Gasteiger charge is -2.11. The first kappa shape index (κ1) is 13.6. The molecule has 0 aliphatic carbocycles. The van der Waals surface area contributed by atoms with E-state index in [0.717, 1.165) is 25.3 Å². The summed E-state index contributed by atoms with van der Waals surface area (Å²) in [6.07, 6.45) is 4.87. The molecule has 14 heavy (non-hydrogen) atoms. The van der Waals surface area contributed by atoms with E-state index in [1.54, 1.807) is 0 Å². The lowest BCUT2D eigenvalue weighted by molar-refractivity contribution is -0.117. The van der Waals surface area contributed by atoms with Crippen molar-refractivity contribution in [1.82, 2.24) is 0 Å². The summed E-state index contributed by atoms with van der Waals surface area (Å²) < 4.78 is 0. The maximum absolute atomic E-state index is 11.0. The Kier molecular flexibility index (Phi) is 7.77. The van der Waals surface area contributed by atoms with Gasteiger partial charge in [-0.15, -0.1) is 28.2 Å². The Bertz CT molecular complexity index is 227. The summed E-state index contributed by atoms with van der Waals surface area (Å²) in [5.41, 5.74) is 0. The zero-order valence-corrected chi connectivity index (χ0v) is 9.51. The van der Waals surface area contributed by atoms with Crippen molar-refractivity contribution in [3.05, 3.63) is 0 Å². The number of hydrogen-bond acceptors (Lipinski definition) is 2. The Morgan fingerprint density at radius 3 is 2.57 bits per heavy atom. The Balaban J connectivity index is 3.91. The second-order valence-corrected chi connectivity index (χ2v) is 3.99. The fourth-order valence-corrected chi connectivity index (χ4v) is 1.43. The number of carbonyl (C=O) groups excluding carboxylic acids is 2. The summed E-state index contributed by atoms with van der Waals surface area (Å²) in [5.74, 6) is -0.710. The number of amides is 1. The van der Waals surface area contributed by atoms with Crippen molar-refractivity contribution in [2.75, 3.05) is 0 Å². The van der Waals surface area contributed by atoms with Crippen LogP contribution < -0.4 is 0 Å². The molecule has 2 unspecified atom stereocenters. The van der Waals surface area contributed by atoms with Gasteiger partial charge in [0.2, 0.25) is 6.08 Å². The molecule has 0 saturated heterocycles. The average molecular weight is 238 g/mol. The van der Waals surface area contributed by atoms with Crippen molar-refractivity contribution < 1.29 is 9.59 Å². The van der Waals surface area contributed by atoms with Gasteiger partial charge < -0.3 is 0 Å². The summed E-state index contributed by atoms with van der Waals surface area (Å²) in [6.45, 7) is 2.07. The van der Waals surface area contributed by atoms with Gasteiger partial charge in [-0.3, -0.25) is 4.79 Å². The van der Waals surface area contributed by atoms with E-state index in [-0.39, 0.29) is 0 Å². The maximum atomic E-state index is 11.0. The number of isocyanates is 1. The van der Waals surface area contributed by atoms with Crippen molar-refractivity contribution in [3.8, 4) is 0 Å². The van der Waals surface area contributed by atoms with Crippen LogP contribution in [0.25, 0.3) is 0 Å². The van der Waals surface area contributed by atoms with Crippen LogP contribution in [0, 0.1) is 0 Å². The number of alkyl halides is 2. The van der Waals surface area contributed by atoms with Crippen LogP contribution in [0.5, 0.6) is 0 Å². The zero-order chi connectivity index (χ0) is 11.0. The highest BCUT2D eigenvalue weighted by atomic mass is 35.5. The van der Waals surface area contributed by atoms with Crippen molar-refractivity contribution in [2.45, 2.75) is 43.4 Å². The summed E-state index contributed by atoms with van der Waals surface area (Å²) in [7, 11) is 0. The Morgan fingerprint density at radius 2 is 2.07 bits per heavy atom. The molecule has 80 valence electrons. The first-order valence-corrected chi connectivity index (χ1v) is 5.40. The molecule has 1 amide bonds. The van der Waals surface area contributed by atoms with Crippen LogP contribution in [0.1, 0.15) is 32.6 Å². The van der Waals surface area contributed by atoms with E-state index in [4.69, 9.17) is 23.2 Å². The van der Waals surface area contributed by atoms with Gasteiger partial charge in [0.25, 0.3) is 5.91 Å². The molecule has 0 N–H and O–H groups in total. The van der Waals surface area contributed by atoms with Crippen LogP contribution in [0.15, 0.2) is 4.99 Å². The molecule has 0 aliphatic rings. The first-order chi connectivity index (χ1) is 6.63. The van der Waals surface area contributed by atoms with E-state index in [0.29, 0.717) is 6.42 Å². The van der Waals surface area contributed by atoms with E-state index in [9.17, 15) is 9.59 Å². The molecule has 0 fully saturated rings. The minimum absolute atomic E-state index is 0.465. The van der Waals surface area contributed by atoms with Gasteiger partial charge in [-0.25, -0.2) is 4.79 Å². The second kappa shape index (κ2) is 7.98. The van der Waals surface area contributed by atoms with Crippen molar-refractivity contribution in [2.24, 2.45) is 4.99 Å². The lowest BCUT2D eigenvalue weighted by Crippen LogP contribution is -2.23. The molecule has 0 rings (SSSR count). The molecule has 0 aromatic heterocycles. The molecule has 0 aromatic rings. The number of nitrogens with zero attached hydrogens (tertiary/aromatic N) is 1. The lowest BCUT2D eigenvalue weighted by atomic mass is 10.1. The average Bonchev–Trinajstić information content (AvgIpc) is 2.17. The highest BCUT2D eigenvalue weighted by Crippen LogP contribution is 2.18. The van der Waals surface area contributed by atoms with Crippen LogP contribution in [-0.4, -0.2) is 22.7 Å². The number of hydrogen-bond donors (Lipinski definition) is 0. The highest BCUT2D eigenvalue weighted by Gasteiger charge is 2.23. The van der Waals surface area contributed by atoms with Crippen molar-refractivity contribution >= 4 is 35.2 Å². The van der Waals surface area contributed by atoms with Gasteiger partial charge in [0.1, 0.15) is 5.38 Å². The summed E-state index contributed by atoms with van der Waals surface area (Å²) in [5, 5.41) is -1.39.